The molecule has 0 rings (SSSR count). The zero-order valence-electron chi connectivity index (χ0n) is 10.9. The summed E-state index contributed by atoms with van der Waals surface area (Å²) in [5, 5.41) is 4.04. The third-order valence-electron chi connectivity index (χ3n) is 1.93. The quantitative estimate of drug-likeness (QED) is 0.157. The van der Waals surface area contributed by atoms with Crippen LogP contribution in [-0.2, 0) is 0 Å². The minimum atomic E-state index is 0.0343. The van der Waals surface area contributed by atoms with Crippen molar-refractivity contribution in [2.24, 2.45) is 0 Å². The van der Waals surface area contributed by atoms with Crippen LogP contribution in [0.15, 0.2) is 0 Å². The maximum absolute atomic E-state index is 4.42. The Morgan fingerprint density at radius 2 is 1.15 bits per heavy atom. The van der Waals surface area contributed by atoms with Crippen LogP contribution in [0.1, 0.15) is 6.92 Å². The Bertz CT molecular complexity index is 224. The van der Waals surface area contributed by atoms with Gasteiger partial charge < -0.3 is 0 Å². The Morgan fingerprint density at radius 1 is 0.700 bits per heavy atom. The molecule has 0 aromatic rings. The molecule has 0 aliphatic carbocycles. The van der Waals surface area contributed by atoms with Gasteiger partial charge >= 0.3 is 0 Å². The molecule has 0 aromatic heterocycles. The molecule has 0 aromatic carbocycles. The lowest BCUT2D eigenvalue weighted by molar-refractivity contribution is 1.27. The average Bonchev–Trinajstić information content (AvgIpc) is 2.37. The van der Waals surface area contributed by atoms with E-state index in [1.807, 2.05) is 70.6 Å². The van der Waals surface area contributed by atoms with Crippen molar-refractivity contribution in [2.45, 2.75) is 13.7 Å². The first-order valence-electron chi connectivity index (χ1n) is 5.39. The minimum absolute atomic E-state index is 0.0343. The van der Waals surface area contributed by atoms with Gasteiger partial charge in [0, 0.05) is 31.2 Å². The number of thiol groups is 5. The van der Waals surface area contributed by atoms with Gasteiger partial charge in [-0.3, -0.25) is 0 Å². The van der Waals surface area contributed by atoms with Crippen LogP contribution in [-0.4, -0.2) is 38.0 Å². The molecule has 0 amide bonds. The second-order valence-electron chi connectivity index (χ2n) is 3.22. The van der Waals surface area contributed by atoms with Crippen molar-refractivity contribution < 1.29 is 0 Å². The third-order valence-corrected chi connectivity index (χ3v) is 12.8. The summed E-state index contributed by atoms with van der Waals surface area (Å²) in [5.74, 6) is 1.02. The van der Waals surface area contributed by atoms with Gasteiger partial charge in [-0.05, 0) is 6.92 Å². The van der Waals surface area contributed by atoms with Gasteiger partial charge in [-0.25, -0.2) is 0 Å². The fourth-order valence-electron chi connectivity index (χ4n) is 1.20. The number of thioether (sulfide) groups is 6. The van der Waals surface area contributed by atoms with Crippen molar-refractivity contribution >= 4 is 134 Å². The van der Waals surface area contributed by atoms with Crippen LogP contribution in [0, 0.1) is 0 Å². The van der Waals surface area contributed by atoms with E-state index in [-0.39, 0.29) is 6.82 Å². The standard InChI is InChI=1S/C9H20S11/c1-8(16-4-11,17-5-12)20-9(18-6-13,19-7-14)2-15-3-10/h10-14H,2-7H2,1H3. The van der Waals surface area contributed by atoms with Crippen LogP contribution >= 0.6 is 134 Å². The maximum atomic E-state index is 4.42. The molecule has 0 saturated carbocycles. The highest BCUT2D eigenvalue weighted by molar-refractivity contribution is 8.45. The first kappa shape index (κ1) is 23.9. The van der Waals surface area contributed by atoms with Crippen LogP contribution in [0.25, 0.3) is 0 Å². The smallest absolute Gasteiger partial charge is 0.119 e. The van der Waals surface area contributed by atoms with Crippen LogP contribution in [0.5, 0.6) is 0 Å². The second-order valence-corrected chi connectivity index (χ2v) is 16.5. The summed E-state index contributed by atoms with van der Waals surface area (Å²) in [6.45, 7) is 2.26. The molecule has 0 heterocycles. The molecular weight excluding hydrogens is 461 g/mol. The molecule has 11 heteroatoms. The topological polar surface area (TPSA) is 0 Å². The van der Waals surface area contributed by atoms with E-state index in [1.165, 1.54) is 0 Å². The lowest BCUT2D eigenvalue weighted by atomic mass is 10.9. The Hall–Kier alpha value is 3.85. The molecular formula is C9H20S11. The SMILES string of the molecule is CC(SCS)(SCS)SC(CSCS)(SCS)SCS. The Labute approximate surface area is 176 Å². The first-order chi connectivity index (χ1) is 9.51. The highest BCUT2D eigenvalue weighted by Gasteiger charge is 2.40. The van der Waals surface area contributed by atoms with E-state index in [4.69, 9.17) is 0 Å². The second kappa shape index (κ2) is 14.1. The lowest BCUT2D eigenvalue weighted by Crippen LogP contribution is -2.27. The van der Waals surface area contributed by atoms with Crippen LogP contribution < -0.4 is 0 Å². The van der Waals surface area contributed by atoms with Gasteiger partial charge in [0.25, 0.3) is 0 Å². The maximum Gasteiger partial charge on any atom is 0.119 e. The predicted octanol–water partition coefficient (Wildman–Crippen LogP) is 6.15. The summed E-state index contributed by atoms with van der Waals surface area (Å²) in [4.78, 5) is 0. The molecule has 20 heavy (non-hydrogen) atoms. The highest BCUT2D eigenvalue weighted by atomic mass is 32.3. The van der Waals surface area contributed by atoms with E-state index in [9.17, 15) is 0 Å². The van der Waals surface area contributed by atoms with E-state index in [1.54, 1.807) is 0 Å². The number of hydrogen-bond acceptors (Lipinski definition) is 11. The molecule has 0 fully saturated rings. The van der Waals surface area contributed by atoms with Gasteiger partial charge in [-0.2, -0.15) is 63.1 Å². The zero-order chi connectivity index (χ0) is 15.5. The lowest BCUT2D eigenvalue weighted by Gasteiger charge is -2.39. The van der Waals surface area contributed by atoms with E-state index in [0.29, 0.717) is 0 Å². The molecule has 0 saturated heterocycles. The summed E-state index contributed by atoms with van der Waals surface area (Å²) in [6, 6.07) is 0. The summed E-state index contributed by atoms with van der Waals surface area (Å²) >= 11 is 33.2. The summed E-state index contributed by atoms with van der Waals surface area (Å²) in [6.07, 6.45) is 0. The fourth-order valence-corrected chi connectivity index (χ4v) is 15.4. The monoisotopic (exact) mass is 480 g/mol. The average molecular weight is 481 g/mol. The van der Waals surface area contributed by atoms with Crippen molar-refractivity contribution in [1.29, 1.82) is 0 Å². The summed E-state index contributed by atoms with van der Waals surface area (Å²) < 4.78 is 0.0735. The van der Waals surface area contributed by atoms with E-state index in [2.05, 4.69) is 70.1 Å². The largest absolute Gasteiger partial charge is 0.168 e. The van der Waals surface area contributed by atoms with E-state index in [0.717, 1.165) is 31.2 Å². The van der Waals surface area contributed by atoms with Crippen LogP contribution in [0.2, 0.25) is 0 Å². The molecule has 0 N–H and O–H groups in total. The number of hydrogen-bond donors (Lipinski definition) is 5. The molecule has 0 aliphatic rings. The predicted molar refractivity (Wildman–Crippen MR) is 131 cm³/mol. The van der Waals surface area contributed by atoms with Crippen molar-refractivity contribution in [3.8, 4) is 0 Å². The third kappa shape index (κ3) is 9.98. The van der Waals surface area contributed by atoms with Crippen molar-refractivity contribution in [3.05, 3.63) is 0 Å². The van der Waals surface area contributed by atoms with Crippen LogP contribution in [0.4, 0.5) is 0 Å². The van der Waals surface area contributed by atoms with E-state index < -0.39 is 0 Å². The van der Waals surface area contributed by atoms with Gasteiger partial charge in [0.2, 0.25) is 0 Å². The molecule has 0 bridgehead atoms. The van der Waals surface area contributed by atoms with E-state index >= 15 is 0 Å². The van der Waals surface area contributed by atoms with Crippen molar-refractivity contribution in [3.63, 3.8) is 0 Å². The van der Waals surface area contributed by atoms with Crippen molar-refractivity contribution in [1.82, 2.24) is 0 Å². The Morgan fingerprint density at radius 3 is 1.50 bits per heavy atom. The Balaban J connectivity index is 5.03. The normalized spacial score (nSPS) is 12.9. The molecule has 122 valence electrons. The van der Waals surface area contributed by atoms with Crippen LogP contribution in [0.3, 0.4) is 0 Å². The zero-order valence-corrected chi connectivity index (χ0v) is 20.3. The van der Waals surface area contributed by atoms with Crippen molar-refractivity contribution in [2.75, 3.05) is 31.2 Å². The molecule has 0 nitrogen and oxygen atoms in total. The summed E-state index contributed by atoms with van der Waals surface area (Å²) in [7, 11) is 0. The highest BCUT2D eigenvalue weighted by Crippen LogP contribution is 2.60. The van der Waals surface area contributed by atoms with Gasteiger partial charge in [0.15, 0.2) is 0 Å². The van der Waals surface area contributed by atoms with Gasteiger partial charge in [0.1, 0.15) is 6.82 Å². The minimum Gasteiger partial charge on any atom is -0.168 e. The molecule has 0 unspecified atom stereocenters. The molecule has 0 aliphatic heterocycles. The Kier molecular flexibility index (Phi) is 16.8. The fraction of sp³-hybridized carbons (Fsp3) is 1.00. The van der Waals surface area contributed by atoms with Gasteiger partial charge in [-0.15, -0.1) is 70.6 Å². The van der Waals surface area contributed by atoms with Gasteiger partial charge in [-0.1, -0.05) is 0 Å². The van der Waals surface area contributed by atoms with Gasteiger partial charge in [0.05, 0.1) is 0 Å². The molecule has 0 atom stereocenters. The summed E-state index contributed by atoms with van der Waals surface area (Å²) in [5.41, 5.74) is 0. The molecule has 0 spiro atoms. The molecule has 0 radical (unpaired) electrons. The number of rotatable bonds is 13. The first-order valence-corrected chi connectivity index (χ1v) is 14.5.